The summed E-state index contributed by atoms with van der Waals surface area (Å²) in [5.74, 6) is 0.401. The molecule has 3 rings (SSSR count). The number of thioether (sulfide) groups is 1. The number of carbonyl (C=O) groups is 3. The van der Waals surface area contributed by atoms with E-state index in [0.717, 1.165) is 62.1 Å². The molecule has 0 aromatic heterocycles. The summed E-state index contributed by atoms with van der Waals surface area (Å²) in [5.41, 5.74) is 7.89. The molecule has 2 fully saturated rings. The molecule has 37 heavy (non-hydrogen) atoms. The third kappa shape index (κ3) is 10.3. The van der Waals surface area contributed by atoms with Crippen molar-refractivity contribution in [3.63, 3.8) is 0 Å². The van der Waals surface area contributed by atoms with Crippen molar-refractivity contribution >= 4 is 29.7 Å². The number of amides is 3. The molecule has 1 aromatic carbocycles. The fourth-order valence-electron chi connectivity index (χ4n) is 4.50. The molecule has 10 heteroatoms. The highest BCUT2D eigenvalue weighted by Crippen LogP contribution is 2.33. The number of ether oxygens (including phenoxy) is 1. The number of unbranched alkanes of at least 4 members (excludes halogenated alkanes) is 2. The van der Waals surface area contributed by atoms with Crippen LogP contribution in [-0.4, -0.2) is 60.1 Å². The number of urea groups is 1. The zero-order chi connectivity index (χ0) is 26.5. The number of nitrogens with one attached hydrogen (secondary N) is 4. The predicted molar refractivity (Wildman–Crippen MR) is 147 cm³/mol. The van der Waals surface area contributed by atoms with E-state index in [2.05, 4.69) is 27.8 Å². The van der Waals surface area contributed by atoms with Gasteiger partial charge in [-0.25, -0.2) is 4.79 Å². The van der Waals surface area contributed by atoms with E-state index in [1.807, 2.05) is 42.1 Å². The number of nitrogens with two attached hydrogens (primary N) is 1. The van der Waals surface area contributed by atoms with Crippen LogP contribution in [0.25, 0.3) is 0 Å². The van der Waals surface area contributed by atoms with Gasteiger partial charge in [0.1, 0.15) is 6.61 Å². The molecule has 0 saturated carbocycles. The van der Waals surface area contributed by atoms with Gasteiger partial charge in [0.05, 0.1) is 18.1 Å². The molecule has 2 aliphatic rings. The van der Waals surface area contributed by atoms with E-state index >= 15 is 0 Å². The lowest BCUT2D eigenvalue weighted by Gasteiger charge is -2.17. The zero-order valence-corrected chi connectivity index (χ0v) is 22.3. The maximum atomic E-state index is 12.1. The highest BCUT2D eigenvalue weighted by atomic mass is 32.2. The second-order valence-electron chi connectivity index (χ2n) is 9.69. The average molecular weight is 532 g/mol. The van der Waals surface area contributed by atoms with Crippen molar-refractivity contribution in [3.8, 4) is 0 Å². The van der Waals surface area contributed by atoms with Crippen molar-refractivity contribution in [1.82, 2.24) is 21.3 Å². The Hall–Kier alpha value is -2.72. The van der Waals surface area contributed by atoms with Gasteiger partial charge in [-0.05, 0) is 50.5 Å². The van der Waals surface area contributed by atoms with E-state index in [0.29, 0.717) is 11.8 Å². The van der Waals surface area contributed by atoms with Crippen LogP contribution in [0.1, 0.15) is 56.9 Å². The molecule has 3 amide bonds. The minimum absolute atomic E-state index is 0.0365. The molecular formula is C27H41N5O4S. The monoisotopic (exact) mass is 531 g/mol. The molecule has 2 heterocycles. The van der Waals surface area contributed by atoms with Crippen LogP contribution in [0.3, 0.4) is 0 Å². The Morgan fingerprint density at radius 3 is 2.62 bits per heavy atom. The van der Waals surface area contributed by atoms with E-state index in [1.54, 1.807) is 0 Å². The molecule has 4 unspecified atom stereocenters. The highest BCUT2D eigenvalue weighted by Gasteiger charge is 2.42. The first-order valence-corrected chi connectivity index (χ1v) is 14.3. The average Bonchev–Trinajstić information content (AvgIpc) is 3.45. The second kappa shape index (κ2) is 15.5. The van der Waals surface area contributed by atoms with Crippen LogP contribution in [0.4, 0.5) is 4.79 Å². The number of hydrogen-bond acceptors (Lipinski definition) is 7. The second-order valence-corrected chi connectivity index (χ2v) is 11.0. The fraction of sp³-hybridized carbons (Fsp3) is 0.593. The normalized spacial score (nSPS) is 20.9. The Kier molecular flexibility index (Phi) is 12.1. The summed E-state index contributed by atoms with van der Waals surface area (Å²) in [6.45, 7) is 5.78. The third-order valence-electron chi connectivity index (χ3n) is 6.67. The van der Waals surface area contributed by atoms with Gasteiger partial charge < -0.3 is 31.7 Å². The van der Waals surface area contributed by atoms with E-state index in [1.165, 1.54) is 0 Å². The molecule has 2 aliphatic heterocycles. The van der Waals surface area contributed by atoms with E-state index in [4.69, 9.17) is 10.5 Å². The number of rotatable bonds is 17. The Labute approximate surface area is 224 Å². The quantitative estimate of drug-likeness (QED) is 0.118. The van der Waals surface area contributed by atoms with Crippen molar-refractivity contribution in [1.29, 1.82) is 0 Å². The van der Waals surface area contributed by atoms with Crippen molar-refractivity contribution in [2.24, 2.45) is 5.73 Å². The number of fused-ring (bicyclic) bond motifs is 1. The van der Waals surface area contributed by atoms with E-state index in [9.17, 15) is 14.4 Å². The number of carbonyl (C=O) groups excluding carboxylic acids is 3. The van der Waals surface area contributed by atoms with Gasteiger partial charge in [-0.3, -0.25) is 9.59 Å². The first-order chi connectivity index (χ1) is 17.9. The highest BCUT2D eigenvalue weighted by molar-refractivity contribution is 8.00. The standard InChI is InChI=1S/C27H41N5O4S/c1-19(9-8-12-23-25-22(18-37-23)31-27(35)32-25)29-15-6-3-7-16-30-26(34)21(28)13-14-24(33)36-17-20-10-4-2-5-11-20/h2,4-5,10-11,21-23,25,29H,1,3,6-9,12-18,28H2,(H,30,34)(H2,31,32,35). The van der Waals surface area contributed by atoms with Gasteiger partial charge in [0, 0.05) is 36.2 Å². The van der Waals surface area contributed by atoms with Gasteiger partial charge in [0.25, 0.3) is 0 Å². The Morgan fingerprint density at radius 1 is 1.08 bits per heavy atom. The Morgan fingerprint density at radius 2 is 1.84 bits per heavy atom. The molecule has 4 atom stereocenters. The molecule has 1 aromatic rings. The predicted octanol–water partition coefficient (Wildman–Crippen LogP) is 2.56. The van der Waals surface area contributed by atoms with Crippen LogP contribution in [-0.2, 0) is 20.9 Å². The molecule has 2 saturated heterocycles. The minimum atomic E-state index is -0.719. The lowest BCUT2D eigenvalue weighted by Crippen LogP contribution is -2.41. The van der Waals surface area contributed by atoms with Gasteiger partial charge in [0.2, 0.25) is 5.91 Å². The molecule has 0 aliphatic carbocycles. The van der Waals surface area contributed by atoms with Crippen LogP contribution in [0.5, 0.6) is 0 Å². The van der Waals surface area contributed by atoms with Crippen LogP contribution in [0.15, 0.2) is 42.6 Å². The largest absolute Gasteiger partial charge is 0.461 e. The summed E-state index contributed by atoms with van der Waals surface area (Å²) in [6.07, 6.45) is 6.29. The number of benzene rings is 1. The van der Waals surface area contributed by atoms with Gasteiger partial charge in [-0.15, -0.1) is 0 Å². The topological polar surface area (TPSA) is 135 Å². The SMILES string of the molecule is C=C(CCCC1SCC2NC(=O)NC21)NCCCCCNC(=O)C(N)CCC(=O)OCc1ccccc1. The van der Waals surface area contributed by atoms with Gasteiger partial charge >= 0.3 is 12.0 Å². The smallest absolute Gasteiger partial charge is 0.315 e. The molecule has 0 bridgehead atoms. The van der Waals surface area contributed by atoms with Gasteiger partial charge in [0.15, 0.2) is 0 Å². The van der Waals surface area contributed by atoms with Crippen LogP contribution >= 0.6 is 11.8 Å². The van der Waals surface area contributed by atoms with Crippen molar-refractivity contribution < 1.29 is 19.1 Å². The van der Waals surface area contributed by atoms with Crippen LogP contribution in [0.2, 0.25) is 0 Å². The third-order valence-corrected chi connectivity index (χ3v) is 8.18. The lowest BCUT2D eigenvalue weighted by atomic mass is 10.0. The van der Waals surface area contributed by atoms with Crippen molar-refractivity contribution in [2.45, 2.75) is 81.3 Å². The summed E-state index contributed by atoms with van der Waals surface area (Å²) in [6, 6.07) is 9.25. The van der Waals surface area contributed by atoms with Gasteiger partial charge in [-0.1, -0.05) is 36.9 Å². The summed E-state index contributed by atoms with van der Waals surface area (Å²) >= 11 is 1.94. The summed E-state index contributed by atoms with van der Waals surface area (Å²) in [7, 11) is 0. The molecular weight excluding hydrogens is 490 g/mol. The van der Waals surface area contributed by atoms with Crippen LogP contribution < -0.4 is 27.0 Å². The first kappa shape index (κ1) is 28.8. The van der Waals surface area contributed by atoms with E-state index < -0.39 is 6.04 Å². The lowest BCUT2D eigenvalue weighted by molar-refractivity contribution is -0.145. The molecule has 6 N–H and O–H groups in total. The zero-order valence-electron chi connectivity index (χ0n) is 21.5. The maximum Gasteiger partial charge on any atom is 0.315 e. The van der Waals surface area contributed by atoms with Gasteiger partial charge in [-0.2, -0.15) is 11.8 Å². The molecule has 9 nitrogen and oxygen atoms in total. The Bertz CT molecular complexity index is 900. The maximum absolute atomic E-state index is 12.1. The molecule has 0 spiro atoms. The number of esters is 1. The van der Waals surface area contributed by atoms with Crippen molar-refractivity contribution in [2.75, 3.05) is 18.8 Å². The summed E-state index contributed by atoms with van der Waals surface area (Å²) < 4.78 is 5.22. The Balaban J connectivity index is 1.12. The summed E-state index contributed by atoms with van der Waals surface area (Å²) in [5, 5.41) is 12.7. The molecule has 204 valence electrons. The van der Waals surface area contributed by atoms with E-state index in [-0.39, 0.29) is 49.4 Å². The molecule has 0 radical (unpaired) electrons. The van der Waals surface area contributed by atoms with Crippen LogP contribution in [0, 0.1) is 0 Å². The summed E-state index contributed by atoms with van der Waals surface area (Å²) in [4.78, 5) is 35.5. The fourth-order valence-corrected chi connectivity index (χ4v) is 6.04. The van der Waals surface area contributed by atoms with Crippen molar-refractivity contribution in [3.05, 3.63) is 48.2 Å². The number of allylic oxidation sites excluding steroid dienone is 1. The number of hydrogen-bond donors (Lipinski definition) is 5. The minimum Gasteiger partial charge on any atom is -0.461 e. The first-order valence-electron chi connectivity index (χ1n) is 13.3.